The Labute approximate surface area is 89.6 Å². The minimum Gasteiger partial charge on any atom is -0.388 e. The lowest BCUT2D eigenvalue weighted by Crippen LogP contribution is -2.31. The summed E-state index contributed by atoms with van der Waals surface area (Å²) in [5.41, 5.74) is 0. The molecule has 1 fully saturated rings. The SMILES string of the molecule is COCC(C)CC(=O)N1C[C@@H](O)[C@@H](O)C1. The van der Waals surface area contributed by atoms with Gasteiger partial charge in [-0.1, -0.05) is 6.92 Å². The fraction of sp³-hybridized carbons (Fsp3) is 0.900. The number of likely N-dealkylation sites (tertiary alicyclic amines) is 1. The molecule has 0 radical (unpaired) electrons. The van der Waals surface area contributed by atoms with Gasteiger partial charge in [0.2, 0.25) is 5.91 Å². The summed E-state index contributed by atoms with van der Waals surface area (Å²) in [6.07, 6.45) is -1.20. The number of methoxy groups -OCH3 is 1. The number of aliphatic hydroxyl groups is 2. The summed E-state index contributed by atoms with van der Waals surface area (Å²) in [5, 5.41) is 18.6. The Morgan fingerprint density at radius 3 is 2.47 bits per heavy atom. The highest BCUT2D eigenvalue weighted by Crippen LogP contribution is 2.13. The average molecular weight is 217 g/mol. The molecule has 15 heavy (non-hydrogen) atoms. The van der Waals surface area contributed by atoms with Crippen LogP contribution in [0.4, 0.5) is 0 Å². The Bertz CT molecular complexity index is 211. The van der Waals surface area contributed by atoms with E-state index in [1.165, 1.54) is 4.90 Å². The number of amides is 1. The molecular weight excluding hydrogens is 198 g/mol. The standard InChI is InChI=1S/C10H19NO4/c1-7(6-15-2)3-10(14)11-4-8(12)9(13)5-11/h7-9,12-13H,3-6H2,1-2H3/t7?,8-,9+. The number of β-amino-alcohol motifs (C(OH)–C–C–N with tert-alkyl or cyclic N) is 2. The Balaban J connectivity index is 2.35. The van der Waals surface area contributed by atoms with Gasteiger partial charge in [0.1, 0.15) is 0 Å². The molecule has 1 rings (SSSR count). The molecule has 0 saturated carbocycles. The first-order valence-electron chi connectivity index (χ1n) is 5.17. The zero-order chi connectivity index (χ0) is 11.4. The maximum atomic E-state index is 11.7. The number of ether oxygens (including phenoxy) is 1. The second-order valence-corrected chi connectivity index (χ2v) is 4.20. The first kappa shape index (κ1) is 12.4. The van der Waals surface area contributed by atoms with E-state index in [9.17, 15) is 15.0 Å². The highest BCUT2D eigenvalue weighted by molar-refractivity contribution is 5.76. The molecule has 1 heterocycles. The second kappa shape index (κ2) is 5.44. The Morgan fingerprint density at radius 2 is 2.00 bits per heavy atom. The third kappa shape index (κ3) is 3.44. The highest BCUT2D eigenvalue weighted by Gasteiger charge is 2.32. The van der Waals surface area contributed by atoms with E-state index in [0.29, 0.717) is 13.0 Å². The molecule has 0 aliphatic carbocycles. The normalized spacial score (nSPS) is 28.1. The maximum absolute atomic E-state index is 11.7. The first-order chi connectivity index (χ1) is 7.04. The molecule has 88 valence electrons. The molecule has 1 saturated heterocycles. The maximum Gasteiger partial charge on any atom is 0.223 e. The van der Waals surface area contributed by atoms with Crippen LogP contribution in [0.2, 0.25) is 0 Å². The summed E-state index contributed by atoms with van der Waals surface area (Å²) in [6, 6.07) is 0. The minimum absolute atomic E-state index is 0.0323. The fourth-order valence-electron chi connectivity index (χ4n) is 1.74. The lowest BCUT2D eigenvalue weighted by Gasteiger charge is -2.17. The highest BCUT2D eigenvalue weighted by atomic mass is 16.5. The molecular formula is C10H19NO4. The molecule has 3 atom stereocenters. The summed E-state index contributed by atoms with van der Waals surface area (Å²) in [5.74, 6) is 0.132. The molecule has 0 bridgehead atoms. The van der Waals surface area contributed by atoms with Gasteiger partial charge in [0.05, 0.1) is 12.2 Å². The average Bonchev–Trinajstić information content (AvgIpc) is 2.47. The van der Waals surface area contributed by atoms with Gasteiger partial charge >= 0.3 is 0 Å². The van der Waals surface area contributed by atoms with Crippen molar-refractivity contribution in [2.45, 2.75) is 25.6 Å². The van der Waals surface area contributed by atoms with Gasteiger partial charge in [-0.05, 0) is 5.92 Å². The van der Waals surface area contributed by atoms with Crippen LogP contribution in [0.15, 0.2) is 0 Å². The molecule has 0 spiro atoms. The molecule has 1 unspecified atom stereocenters. The lowest BCUT2D eigenvalue weighted by molar-refractivity contribution is -0.132. The van der Waals surface area contributed by atoms with E-state index in [2.05, 4.69) is 0 Å². The van der Waals surface area contributed by atoms with Crippen molar-refractivity contribution >= 4 is 5.91 Å². The topological polar surface area (TPSA) is 70.0 Å². The largest absolute Gasteiger partial charge is 0.388 e. The summed E-state index contributed by atoms with van der Waals surface area (Å²) in [6.45, 7) is 2.95. The van der Waals surface area contributed by atoms with E-state index >= 15 is 0 Å². The van der Waals surface area contributed by atoms with Crippen LogP contribution in [0.5, 0.6) is 0 Å². The van der Waals surface area contributed by atoms with Crippen LogP contribution < -0.4 is 0 Å². The van der Waals surface area contributed by atoms with Gasteiger partial charge in [0.25, 0.3) is 0 Å². The van der Waals surface area contributed by atoms with Crippen molar-refractivity contribution in [3.8, 4) is 0 Å². The van der Waals surface area contributed by atoms with Crippen molar-refractivity contribution in [1.29, 1.82) is 0 Å². The third-order valence-electron chi connectivity index (χ3n) is 2.59. The van der Waals surface area contributed by atoms with E-state index in [-0.39, 0.29) is 24.9 Å². The van der Waals surface area contributed by atoms with Gasteiger partial charge in [-0.15, -0.1) is 0 Å². The predicted molar refractivity (Wildman–Crippen MR) is 54.3 cm³/mol. The molecule has 0 aromatic heterocycles. The van der Waals surface area contributed by atoms with Crippen LogP contribution in [0.1, 0.15) is 13.3 Å². The van der Waals surface area contributed by atoms with E-state index in [0.717, 1.165) is 0 Å². The van der Waals surface area contributed by atoms with Gasteiger partial charge in [-0.2, -0.15) is 0 Å². The molecule has 2 N–H and O–H groups in total. The van der Waals surface area contributed by atoms with Gasteiger partial charge < -0.3 is 19.8 Å². The monoisotopic (exact) mass is 217 g/mol. The van der Waals surface area contributed by atoms with Crippen LogP contribution >= 0.6 is 0 Å². The molecule has 5 heteroatoms. The molecule has 0 aromatic carbocycles. The van der Waals surface area contributed by atoms with Crippen LogP contribution in [-0.2, 0) is 9.53 Å². The van der Waals surface area contributed by atoms with Crippen molar-refractivity contribution in [2.24, 2.45) is 5.92 Å². The molecule has 1 amide bonds. The van der Waals surface area contributed by atoms with Crippen molar-refractivity contribution in [1.82, 2.24) is 4.90 Å². The summed E-state index contributed by atoms with van der Waals surface area (Å²) >= 11 is 0. The van der Waals surface area contributed by atoms with Gasteiger partial charge in [-0.3, -0.25) is 4.79 Å². The summed E-state index contributed by atoms with van der Waals surface area (Å²) in [7, 11) is 1.60. The first-order valence-corrected chi connectivity index (χ1v) is 5.17. The quantitative estimate of drug-likeness (QED) is 0.648. The summed E-state index contributed by atoms with van der Waals surface area (Å²) in [4.78, 5) is 13.2. The number of carbonyl (C=O) groups excluding carboxylic acids is 1. The molecule has 1 aliphatic heterocycles. The number of rotatable bonds is 4. The fourth-order valence-corrected chi connectivity index (χ4v) is 1.74. The van der Waals surface area contributed by atoms with Crippen LogP contribution in [0.25, 0.3) is 0 Å². The van der Waals surface area contributed by atoms with Crippen molar-refractivity contribution < 1.29 is 19.7 Å². The van der Waals surface area contributed by atoms with Crippen molar-refractivity contribution in [3.63, 3.8) is 0 Å². The predicted octanol–water partition coefficient (Wildman–Crippen LogP) is -0.777. The summed E-state index contributed by atoms with van der Waals surface area (Å²) < 4.78 is 4.94. The number of nitrogens with zero attached hydrogens (tertiary/aromatic N) is 1. The van der Waals surface area contributed by atoms with Crippen molar-refractivity contribution in [3.05, 3.63) is 0 Å². The Hall–Kier alpha value is -0.650. The van der Waals surface area contributed by atoms with Gasteiger partial charge in [0, 0.05) is 33.2 Å². The third-order valence-corrected chi connectivity index (χ3v) is 2.59. The number of hydrogen-bond acceptors (Lipinski definition) is 4. The minimum atomic E-state index is -0.799. The van der Waals surface area contributed by atoms with Crippen molar-refractivity contribution in [2.75, 3.05) is 26.8 Å². The molecule has 5 nitrogen and oxygen atoms in total. The molecule has 1 aliphatic rings. The van der Waals surface area contributed by atoms with Gasteiger partial charge in [0.15, 0.2) is 0 Å². The molecule has 0 aromatic rings. The van der Waals surface area contributed by atoms with E-state index < -0.39 is 12.2 Å². The van der Waals surface area contributed by atoms with Gasteiger partial charge in [-0.25, -0.2) is 0 Å². The smallest absolute Gasteiger partial charge is 0.223 e. The van der Waals surface area contributed by atoms with E-state index in [1.54, 1.807) is 7.11 Å². The Morgan fingerprint density at radius 1 is 1.47 bits per heavy atom. The van der Waals surface area contributed by atoms with Crippen LogP contribution in [0, 0.1) is 5.92 Å². The van der Waals surface area contributed by atoms with E-state index in [1.807, 2.05) is 6.92 Å². The zero-order valence-electron chi connectivity index (χ0n) is 9.22. The van der Waals surface area contributed by atoms with Crippen LogP contribution in [-0.4, -0.2) is 60.0 Å². The van der Waals surface area contributed by atoms with E-state index in [4.69, 9.17) is 4.74 Å². The number of hydrogen-bond donors (Lipinski definition) is 2. The number of carbonyl (C=O) groups is 1. The second-order valence-electron chi connectivity index (χ2n) is 4.20. The van der Waals surface area contributed by atoms with Crippen LogP contribution in [0.3, 0.4) is 0 Å². The Kier molecular flexibility index (Phi) is 4.50. The zero-order valence-corrected chi connectivity index (χ0v) is 9.22. The number of aliphatic hydroxyl groups excluding tert-OH is 2. The lowest BCUT2D eigenvalue weighted by atomic mass is 10.1.